The molecule has 124 valence electrons. The van der Waals surface area contributed by atoms with Gasteiger partial charge in [0.15, 0.2) is 11.5 Å². The van der Waals surface area contributed by atoms with Crippen LogP contribution in [0.2, 0.25) is 0 Å². The Labute approximate surface area is 138 Å². The second kappa shape index (κ2) is 5.70. The Morgan fingerprint density at radius 3 is 3.08 bits per heavy atom. The van der Waals surface area contributed by atoms with Crippen molar-refractivity contribution in [3.8, 4) is 0 Å². The van der Waals surface area contributed by atoms with Gasteiger partial charge in [0.2, 0.25) is 5.89 Å². The Morgan fingerprint density at radius 1 is 1.42 bits per heavy atom. The third kappa shape index (κ3) is 2.34. The molecule has 0 aromatic carbocycles. The molecule has 0 bridgehead atoms. The average Bonchev–Trinajstić information content (AvgIpc) is 3.31. The summed E-state index contributed by atoms with van der Waals surface area (Å²) in [6, 6.07) is 1.71. The Morgan fingerprint density at radius 2 is 2.29 bits per heavy atom. The third-order valence-corrected chi connectivity index (χ3v) is 4.34. The smallest absolute Gasteiger partial charge is 0.259 e. The number of hydrogen-bond acceptors (Lipinski definition) is 6. The molecule has 4 heterocycles. The Hall–Kier alpha value is -2.77. The van der Waals surface area contributed by atoms with E-state index >= 15 is 0 Å². The molecule has 0 radical (unpaired) electrons. The molecule has 24 heavy (non-hydrogen) atoms. The van der Waals surface area contributed by atoms with E-state index in [2.05, 4.69) is 20.2 Å². The van der Waals surface area contributed by atoms with E-state index in [0.717, 1.165) is 18.5 Å². The normalized spacial score (nSPS) is 17.8. The molecule has 1 atom stereocenters. The summed E-state index contributed by atoms with van der Waals surface area (Å²) < 4.78 is 6.82. The molecule has 8 heteroatoms. The minimum Gasteiger partial charge on any atom is -0.339 e. The second-order valence-electron chi connectivity index (χ2n) is 5.95. The summed E-state index contributed by atoms with van der Waals surface area (Å²) in [7, 11) is 0. The first-order valence-electron chi connectivity index (χ1n) is 8.12. The van der Waals surface area contributed by atoms with Gasteiger partial charge in [0.25, 0.3) is 5.91 Å². The summed E-state index contributed by atoms with van der Waals surface area (Å²) in [5.41, 5.74) is 1.93. The maximum atomic E-state index is 13.0. The van der Waals surface area contributed by atoms with Gasteiger partial charge in [0.05, 0.1) is 12.2 Å². The van der Waals surface area contributed by atoms with Crippen molar-refractivity contribution in [1.82, 2.24) is 29.6 Å². The number of nitrogens with zero attached hydrogens (tertiary/aromatic N) is 6. The van der Waals surface area contributed by atoms with Gasteiger partial charge in [0.1, 0.15) is 5.56 Å². The van der Waals surface area contributed by atoms with Crippen LogP contribution in [-0.4, -0.2) is 42.1 Å². The van der Waals surface area contributed by atoms with Gasteiger partial charge < -0.3 is 9.42 Å². The van der Waals surface area contributed by atoms with Gasteiger partial charge in [-0.05, 0) is 25.8 Å². The summed E-state index contributed by atoms with van der Waals surface area (Å²) >= 11 is 0. The molecule has 1 aliphatic rings. The van der Waals surface area contributed by atoms with Gasteiger partial charge in [-0.25, -0.2) is 9.50 Å². The maximum Gasteiger partial charge on any atom is 0.259 e. The third-order valence-electron chi connectivity index (χ3n) is 4.34. The minimum absolute atomic E-state index is 0.0894. The number of carbonyl (C=O) groups is 1. The first-order valence-corrected chi connectivity index (χ1v) is 8.12. The van der Waals surface area contributed by atoms with E-state index < -0.39 is 0 Å². The fourth-order valence-corrected chi connectivity index (χ4v) is 3.09. The van der Waals surface area contributed by atoms with Gasteiger partial charge in [-0.3, -0.25) is 4.79 Å². The van der Waals surface area contributed by atoms with Crippen LogP contribution in [0.15, 0.2) is 23.0 Å². The number of fused-ring (bicyclic) bond motifs is 1. The highest BCUT2D eigenvalue weighted by Gasteiger charge is 2.35. The molecular weight excluding hydrogens is 308 g/mol. The van der Waals surface area contributed by atoms with E-state index in [-0.39, 0.29) is 11.9 Å². The zero-order valence-corrected chi connectivity index (χ0v) is 13.6. The van der Waals surface area contributed by atoms with Crippen LogP contribution in [-0.2, 0) is 6.42 Å². The molecule has 1 fully saturated rings. The van der Waals surface area contributed by atoms with Crippen molar-refractivity contribution in [1.29, 1.82) is 0 Å². The Bertz CT molecular complexity index is 899. The van der Waals surface area contributed by atoms with Crippen molar-refractivity contribution in [2.75, 3.05) is 6.54 Å². The molecule has 1 amide bonds. The minimum atomic E-state index is -0.152. The fraction of sp³-hybridized carbons (Fsp3) is 0.438. The van der Waals surface area contributed by atoms with Crippen molar-refractivity contribution in [3.63, 3.8) is 0 Å². The van der Waals surface area contributed by atoms with E-state index in [4.69, 9.17) is 4.52 Å². The standard InChI is InChI=1S/C16H18N6O2/c1-3-13-19-14(20-24-13)12-5-4-7-21(12)16(23)11-9-17-22-8-6-10(2)18-15(11)22/h6,8-9,12H,3-5,7H2,1-2H3/t12-/m1/s1. The molecular formula is C16H18N6O2. The molecule has 3 aromatic rings. The van der Waals surface area contributed by atoms with E-state index in [0.29, 0.717) is 35.9 Å². The lowest BCUT2D eigenvalue weighted by Gasteiger charge is -2.21. The highest BCUT2D eigenvalue weighted by molar-refractivity contribution is 6.00. The fourth-order valence-electron chi connectivity index (χ4n) is 3.09. The zero-order valence-electron chi connectivity index (χ0n) is 13.6. The lowest BCUT2D eigenvalue weighted by molar-refractivity contribution is 0.0730. The van der Waals surface area contributed by atoms with Crippen molar-refractivity contribution < 1.29 is 9.32 Å². The van der Waals surface area contributed by atoms with Gasteiger partial charge in [-0.2, -0.15) is 10.1 Å². The second-order valence-corrected chi connectivity index (χ2v) is 5.95. The number of rotatable bonds is 3. The molecule has 0 unspecified atom stereocenters. The van der Waals surface area contributed by atoms with Crippen LogP contribution in [0.4, 0.5) is 0 Å². The maximum absolute atomic E-state index is 13.0. The number of hydrogen-bond donors (Lipinski definition) is 0. The average molecular weight is 326 g/mol. The van der Waals surface area contributed by atoms with Crippen LogP contribution in [0.1, 0.15) is 53.6 Å². The van der Waals surface area contributed by atoms with Gasteiger partial charge >= 0.3 is 0 Å². The summed E-state index contributed by atoms with van der Waals surface area (Å²) in [5, 5.41) is 8.27. The van der Waals surface area contributed by atoms with Crippen LogP contribution < -0.4 is 0 Å². The van der Waals surface area contributed by atoms with Crippen molar-refractivity contribution in [3.05, 3.63) is 41.4 Å². The van der Waals surface area contributed by atoms with E-state index in [9.17, 15) is 4.79 Å². The Balaban J connectivity index is 1.68. The van der Waals surface area contributed by atoms with Crippen molar-refractivity contribution in [2.45, 2.75) is 39.2 Å². The first-order chi connectivity index (χ1) is 11.7. The molecule has 4 rings (SSSR count). The summed E-state index contributed by atoms with van der Waals surface area (Å²) in [6.07, 6.45) is 5.82. The molecule has 0 N–H and O–H groups in total. The number of aryl methyl sites for hydroxylation is 2. The van der Waals surface area contributed by atoms with Crippen molar-refractivity contribution in [2.24, 2.45) is 0 Å². The van der Waals surface area contributed by atoms with E-state index in [1.54, 1.807) is 15.6 Å². The summed E-state index contributed by atoms with van der Waals surface area (Å²) in [6.45, 7) is 4.52. The summed E-state index contributed by atoms with van der Waals surface area (Å²) in [5.74, 6) is 1.09. The van der Waals surface area contributed by atoms with Crippen LogP contribution >= 0.6 is 0 Å². The number of likely N-dealkylation sites (tertiary alicyclic amines) is 1. The molecule has 0 aliphatic carbocycles. The summed E-state index contributed by atoms with van der Waals surface area (Å²) in [4.78, 5) is 23.7. The SMILES string of the molecule is CCc1nc([C@H]2CCCN2C(=O)c2cnn3ccc(C)nc23)no1. The molecule has 3 aromatic heterocycles. The van der Waals surface area contributed by atoms with Crippen LogP contribution in [0, 0.1) is 6.92 Å². The van der Waals surface area contributed by atoms with Gasteiger partial charge in [0, 0.05) is 24.9 Å². The van der Waals surface area contributed by atoms with Crippen LogP contribution in [0.5, 0.6) is 0 Å². The molecule has 1 saturated heterocycles. The van der Waals surface area contributed by atoms with Crippen LogP contribution in [0.3, 0.4) is 0 Å². The van der Waals surface area contributed by atoms with E-state index in [1.807, 2.05) is 26.1 Å². The number of carbonyl (C=O) groups excluding carboxylic acids is 1. The number of aromatic nitrogens is 5. The first kappa shape index (κ1) is 14.8. The highest BCUT2D eigenvalue weighted by atomic mass is 16.5. The topological polar surface area (TPSA) is 89.4 Å². The predicted octanol–water partition coefficient (Wildman–Crippen LogP) is 1.96. The van der Waals surface area contributed by atoms with Crippen molar-refractivity contribution >= 4 is 11.6 Å². The number of amides is 1. The largest absolute Gasteiger partial charge is 0.339 e. The highest BCUT2D eigenvalue weighted by Crippen LogP contribution is 2.32. The Kier molecular flexibility index (Phi) is 3.51. The molecule has 1 aliphatic heterocycles. The molecule has 8 nitrogen and oxygen atoms in total. The van der Waals surface area contributed by atoms with Crippen LogP contribution in [0.25, 0.3) is 5.65 Å². The quantitative estimate of drug-likeness (QED) is 0.731. The monoisotopic (exact) mass is 326 g/mol. The van der Waals surface area contributed by atoms with Gasteiger partial charge in [-0.1, -0.05) is 12.1 Å². The lowest BCUT2D eigenvalue weighted by atomic mass is 10.2. The van der Waals surface area contributed by atoms with E-state index in [1.165, 1.54) is 0 Å². The lowest BCUT2D eigenvalue weighted by Crippen LogP contribution is -2.31. The molecule has 0 spiro atoms. The predicted molar refractivity (Wildman–Crippen MR) is 84.4 cm³/mol. The zero-order chi connectivity index (χ0) is 16.7. The molecule has 0 saturated carbocycles. The van der Waals surface area contributed by atoms with Gasteiger partial charge in [-0.15, -0.1) is 0 Å².